The van der Waals surface area contributed by atoms with Crippen LogP contribution in [0.25, 0.3) is 0 Å². The monoisotopic (exact) mass is 392 g/mol. The molecule has 150 valence electrons. The predicted octanol–water partition coefficient (Wildman–Crippen LogP) is 4.16. The molecule has 2 aliphatic rings. The second kappa shape index (κ2) is 10.8. The smallest absolute Gasteiger partial charge is 0.223 e. The third-order valence-corrected chi connectivity index (χ3v) is 5.85. The molecular formula is C22H33ClN2O2. The molecule has 2 aliphatic heterocycles. The zero-order chi connectivity index (χ0) is 18.4. The van der Waals surface area contributed by atoms with Crippen molar-refractivity contribution in [1.82, 2.24) is 10.2 Å². The number of nitrogens with zero attached hydrogens (tertiary/aromatic N) is 1. The summed E-state index contributed by atoms with van der Waals surface area (Å²) in [7, 11) is 0. The summed E-state index contributed by atoms with van der Waals surface area (Å²) in [5, 5.41) is 3.42. The number of benzene rings is 1. The fraction of sp³-hybridized carbons (Fsp3) is 0.636. The number of carbonyl (C=O) groups is 2. The summed E-state index contributed by atoms with van der Waals surface area (Å²) >= 11 is 0. The van der Waals surface area contributed by atoms with Crippen molar-refractivity contribution in [3.8, 4) is 0 Å². The molecule has 2 fully saturated rings. The minimum atomic E-state index is 0. The van der Waals surface area contributed by atoms with Crippen molar-refractivity contribution in [2.45, 2.75) is 76.8 Å². The van der Waals surface area contributed by atoms with Crippen molar-refractivity contribution < 1.29 is 9.59 Å². The predicted molar refractivity (Wildman–Crippen MR) is 112 cm³/mol. The normalized spacial score (nSPS) is 21.4. The maximum Gasteiger partial charge on any atom is 0.223 e. The number of Topliss-reactive ketones (excluding diaryl/α,β-unsaturated/α-hetero) is 1. The van der Waals surface area contributed by atoms with E-state index in [9.17, 15) is 9.59 Å². The fourth-order valence-corrected chi connectivity index (χ4v) is 4.32. The van der Waals surface area contributed by atoms with Crippen LogP contribution in [0.1, 0.15) is 74.2 Å². The van der Waals surface area contributed by atoms with E-state index >= 15 is 0 Å². The Bertz CT molecular complexity index is 603. The van der Waals surface area contributed by atoms with Gasteiger partial charge in [0.05, 0.1) is 0 Å². The van der Waals surface area contributed by atoms with E-state index in [1.807, 2.05) is 12.1 Å². The Morgan fingerprint density at radius 3 is 2.52 bits per heavy atom. The van der Waals surface area contributed by atoms with E-state index in [0.717, 1.165) is 44.3 Å². The third kappa shape index (κ3) is 5.79. The first-order valence-corrected chi connectivity index (χ1v) is 10.3. The van der Waals surface area contributed by atoms with Gasteiger partial charge in [0.2, 0.25) is 5.91 Å². The highest BCUT2D eigenvalue weighted by Crippen LogP contribution is 2.28. The topological polar surface area (TPSA) is 49.4 Å². The molecule has 5 heteroatoms. The van der Waals surface area contributed by atoms with Gasteiger partial charge in [0, 0.05) is 37.0 Å². The Kier molecular flexibility index (Phi) is 8.78. The number of nitrogens with one attached hydrogen (secondary N) is 1. The first-order valence-electron chi connectivity index (χ1n) is 10.3. The minimum absolute atomic E-state index is 0. The molecule has 0 spiro atoms. The van der Waals surface area contributed by atoms with Crippen molar-refractivity contribution >= 4 is 24.1 Å². The highest BCUT2D eigenvalue weighted by molar-refractivity contribution is 5.98. The van der Waals surface area contributed by atoms with E-state index in [1.54, 1.807) is 0 Å². The second-order valence-corrected chi connectivity index (χ2v) is 7.76. The Morgan fingerprint density at radius 2 is 1.78 bits per heavy atom. The molecule has 2 atom stereocenters. The van der Waals surface area contributed by atoms with Crippen molar-refractivity contribution in [3.63, 3.8) is 0 Å². The Morgan fingerprint density at radius 1 is 1.04 bits per heavy atom. The Labute approximate surface area is 169 Å². The van der Waals surface area contributed by atoms with Crippen LogP contribution in [-0.2, 0) is 11.2 Å². The van der Waals surface area contributed by atoms with Gasteiger partial charge in [-0.05, 0) is 44.2 Å². The number of unbranched alkanes of at least 4 members (excludes halogenated alkanes) is 2. The van der Waals surface area contributed by atoms with Crippen LogP contribution >= 0.6 is 12.4 Å². The molecule has 0 saturated carbocycles. The zero-order valence-electron chi connectivity index (χ0n) is 16.4. The molecular weight excluding hydrogens is 360 g/mol. The molecule has 1 aromatic rings. The van der Waals surface area contributed by atoms with Crippen LogP contribution in [0, 0.1) is 0 Å². The van der Waals surface area contributed by atoms with Crippen LogP contribution in [0.3, 0.4) is 0 Å². The molecule has 0 aromatic heterocycles. The average Bonchev–Trinajstić information content (AvgIpc) is 2.93. The molecule has 2 heterocycles. The quantitative estimate of drug-likeness (QED) is 0.533. The van der Waals surface area contributed by atoms with Crippen LogP contribution in [0.2, 0.25) is 0 Å². The summed E-state index contributed by atoms with van der Waals surface area (Å²) in [6.45, 7) is 4.10. The van der Waals surface area contributed by atoms with Crippen LogP contribution in [0.15, 0.2) is 24.3 Å². The summed E-state index contributed by atoms with van der Waals surface area (Å²) in [4.78, 5) is 27.2. The lowest BCUT2D eigenvalue weighted by atomic mass is 10.0. The standard InChI is InChI=1S/C22H32N2O2.ClH/c1-2-3-4-5-17-6-8-18(9-7-17)21(25)12-13-22(26)24-19-10-11-20(24)16-23-15-14-19;/h6-9,19-20,23H,2-5,10-16H2,1H3;1H. The number of fused-ring (bicyclic) bond motifs is 2. The maximum atomic E-state index is 12.7. The van der Waals surface area contributed by atoms with Gasteiger partial charge in [-0.1, -0.05) is 44.0 Å². The van der Waals surface area contributed by atoms with Crippen LogP contribution in [0.4, 0.5) is 0 Å². The summed E-state index contributed by atoms with van der Waals surface area (Å²) in [5.41, 5.74) is 2.03. The molecule has 4 nitrogen and oxygen atoms in total. The SMILES string of the molecule is CCCCCc1ccc(C(=O)CCC(=O)N2C3CCNCC2CC3)cc1.Cl. The summed E-state index contributed by atoms with van der Waals surface area (Å²) < 4.78 is 0. The summed E-state index contributed by atoms with van der Waals surface area (Å²) in [6, 6.07) is 8.67. The van der Waals surface area contributed by atoms with Gasteiger partial charge < -0.3 is 10.2 Å². The largest absolute Gasteiger partial charge is 0.335 e. The number of amides is 1. The maximum absolute atomic E-state index is 12.7. The molecule has 2 saturated heterocycles. The number of hydrogen-bond donors (Lipinski definition) is 1. The lowest BCUT2D eigenvalue weighted by Crippen LogP contribution is -2.42. The highest BCUT2D eigenvalue weighted by Gasteiger charge is 2.37. The van der Waals surface area contributed by atoms with Crippen molar-refractivity contribution in [3.05, 3.63) is 35.4 Å². The molecule has 0 radical (unpaired) electrons. The first kappa shape index (κ1) is 21.9. The number of carbonyl (C=O) groups excluding carboxylic acids is 2. The number of aryl methyl sites for hydroxylation is 1. The molecule has 3 rings (SSSR count). The van der Waals surface area contributed by atoms with Gasteiger partial charge in [0.25, 0.3) is 0 Å². The Balaban J connectivity index is 0.00000261. The van der Waals surface area contributed by atoms with E-state index in [0.29, 0.717) is 24.9 Å². The molecule has 1 aromatic carbocycles. The molecule has 2 bridgehead atoms. The van der Waals surface area contributed by atoms with E-state index in [4.69, 9.17) is 0 Å². The van der Waals surface area contributed by atoms with Crippen LogP contribution in [0.5, 0.6) is 0 Å². The summed E-state index contributed by atoms with van der Waals surface area (Å²) in [5.74, 6) is 0.240. The van der Waals surface area contributed by atoms with E-state index < -0.39 is 0 Å². The lowest BCUT2D eigenvalue weighted by Gasteiger charge is -2.27. The van der Waals surface area contributed by atoms with Crippen LogP contribution in [-0.4, -0.2) is 41.8 Å². The Hall–Kier alpha value is -1.39. The molecule has 0 aliphatic carbocycles. The number of halogens is 1. The molecule has 1 N–H and O–H groups in total. The average molecular weight is 393 g/mol. The number of rotatable bonds is 8. The lowest BCUT2D eigenvalue weighted by molar-refractivity contribution is -0.133. The van der Waals surface area contributed by atoms with Gasteiger partial charge in [0.1, 0.15) is 0 Å². The van der Waals surface area contributed by atoms with Gasteiger partial charge in [0.15, 0.2) is 5.78 Å². The summed E-state index contributed by atoms with van der Waals surface area (Å²) in [6.07, 6.45) is 8.65. The van der Waals surface area contributed by atoms with Gasteiger partial charge >= 0.3 is 0 Å². The fourth-order valence-electron chi connectivity index (χ4n) is 4.32. The van der Waals surface area contributed by atoms with Crippen molar-refractivity contribution in [1.29, 1.82) is 0 Å². The first-order chi connectivity index (χ1) is 12.7. The third-order valence-electron chi connectivity index (χ3n) is 5.85. The van der Waals surface area contributed by atoms with E-state index in [2.05, 4.69) is 29.3 Å². The molecule has 1 amide bonds. The van der Waals surface area contributed by atoms with Gasteiger partial charge in [-0.25, -0.2) is 0 Å². The van der Waals surface area contributed by atoms with Crippen LogP contribution < -0.4 is 5.32 Å². The zero-order valence-corrected chi connectivity index (χ0v) is 17.2. The number of hydrogen-bond acceptors (Lipinski definition) is 3. The van der Waals surface area contributed by atoms with Gasteiger partial charge in [-0.15, -0.1) is 12.4 Å². The minimum Gasteiger partial charge on any atom is -0.335 e. The van der Waals surface area contributed by atoms with E-state index in [1.165, 1.54) is 24.8 Å². The number of ketones is 1. The molecule has 2 unspecified atom stereocenters. The van der Waals surface area contributed by atoms with E-state index in [-0.39, 0.29) is 24.1 Å². The van der Waals surface area contributed by atoms with Crippen molar-refractivity contribution in [2.75, 3.05) is 13.1 Å². The molecule has 27 heavy (non-hydrogen) atoms. The van der Waals surface area contributed by atoms with Gasteiger partial charge in [-0.2, -0.15) is 0 Å². The highest BCUT2D eigenvalue weighted by atomic mass is 35.5. The van der Waals surface area contributed by atoms with Gasteiger partial charge in [-0.3, -0.25) is 9.59 Å². The second-order valence-electron chi connectivity index (χ2n) is 7.76. The van der Waals surface area contributed by atoms with Crippen molar-refractivity contribution in [2.24, 2.45) is 0 Å².